The van der Waals surface area contributed by atoms with Crippen molar-refractivity contribution in [3.05, 3.63) is 46.0 Å². The van der Waals surface area contributed by atoms with E-state index in [1.165, 1.54) is 19.3 Å². The second-order valence-corrected chi connectivity index (χ2v) is 3.12. The van der Waals surface area contributed by atoms with E-state index in [2.05, 4.69) is 4.74 Å². The van der Waals surface area contributed by atoms with Gasteiger partial charge in [0.1, 0.15) is 0 Å². The van der Waals surface area contributed by atoms with Gasteiger partial charge in [0.2, 0.25) is 0 Å². The van der Waals surface area contributed by atoms with Crippen molar-refractivity contribution >= 4 is 17.2 Å². The predicted molar refractivity (Wildman–Crippen MR) is 58.8 cm³/mol. The second kappa shape index (κ2) is 5.06. The fraction of sp³-hybridized carbons (Fsp3) is 0.182. The number of allylic oxidation sites excluding steroid dienone is 1. The first-order valence-corrected chi connectivity index (χ1v) is 4.56. The highest BCUT2D eigenvalue weighted by Crippen LogP contribution is 2.24. The van der Waals surface area contributed by atoms with E-state index < -0.39 is 10.9 Å². The lowest BCUT2D eigenvalue weighted by Crippen LogP contribution is -1.98. The van der Waals surface area contributed by atoms with Gasteiger partial charge in [-0.25, -0.2) is 4.79 Å². The van der Waals surface area contributed by atoms with Crippen LogP contribution in [0.4, 0.5) is 5.69 Å². The van der Waals surface area contributed by atoms with Gasteiger partial charge in [0.05, 0.1) is 17.6 Å². The maximum Gasteiger partial charge on any atom is 0.330 e. The van der Waals surface area contributed by atoms with E-state index in [9.17, 15) is 14.9 Å². The lowest BCUT2D eigenvalue weighted by Gasteiger charge is -2.02. The quantitative estimate of drug-likeness (QED) is 0.339. The number of carbonyl (C=O) groups is 1. The number of esters is 1. The number of methoxy groups -OCH3 is 1. The van der Waals surface area contributed by atoms with E-state index in [1.54, 1.807) is 25.1 Å². The predicted octanol–water partition coefficient (Wildman–Crippen LogP) is 2.17. The molecule has 84 valence electrons. The Kier molecular flexibility index (Phi) is 3.77. The van der Waals surface area contributed by atoms with Crippen LogP contribution in [-0.4, -0.2) is 18.0 Å². The Morgan fingerprint density at radius 3 is 2.62 bits per heavy atom. The number of rotatable bonds is 3. The first kappa shape index (κ1) is 11.9. The highest BCUT2D eigenvalue weighted by atomic mass is 16.6. The van der Waals surface area contributed by atoms with Crippen LogP contribution in [0.1, 0.15) is 12.5 Å². The summed E-state index contributed by atoms with van der Waals surface area (Å²) in [5.74, 6) is -0.532. The summed E-state index contributed by atoms with van der Waals surface area (Å²) in [4.78, 5) is 21.3. The summed E-state index contributed by atoms with van der Waals surface area (Å²) in [7, 11) is 1.26. The van der Waals surface area contributed by atoms with Crippen LogP contribution >= 0.6 is 0 Å². The molecular formula is C11H11NO4. The lowest BCUT2D eigenvalue weighted by molar-refractivity contribution is -0.385. The molecule has 0 spiro atoms. The number of nitrogens with zero attached hydrogens (tertiary/aromatic N) is 1. The van der Waals surface area contributed by atoms with Gasteiger partial charge in [-0.15, -0.1) is 0 Å². The molecule has 1 rings (SSSR count). The largest absolute Gasteiger partial charge is 0.466 e. The number of nitro benzene ring substituents is 1. The van der Waals surface area contributed by atoms with Crippen molar-refractivity contribution in [3.8, 4) is 0 Å². The van der Waals surface area contributed by atoms with Crippen molar-refractivity contribution in [3.63, 3.8) is 0 Å². The van der Waals surface area contributed by atoms with E-state index in [0.29, 0.717) is 11.1 Å². The van der Waals surface area contributed by atoms with Crippen molar-refractivity contribution in [1.82, 2.24) is 0 Å². The van der Waals surface area contributed by atoms with Crippen LogP contribution in [0.5, 0.6) is 0 Å². The maximum atomic E-state index is 11.0. The third-order valence-corrected chi connectivity index (χ3v) is 2.06. The Labute approximate surface area is 92.5 Å². The molecule has 0 bridgehead atoms. The Hall–Kier alpha value is -2.17. The average molecular weight is 221 g/mol. The molecule has 0 aliphatic heterocycles. The van der Waals surface area contributed by atoms with Gasteiger partial charge in [0, 0.05) is 12.1 Å². The molecule has 0 atom stereocenters. The van der Waals surface area contributed by atoms with E-state index in [0.717, 1.165) is 0 Å². The number of ether oxygens (including phenoxy) is 1. The average Bonchev–Trinajstić information content (AvgIpc) is 2.28. The molecule has 1 aromatic rings. The zero-order valence-corrected chi connectivity index (χ0v) is 8.97. The van der Waals surface area contributed by atoms with Crippen molar-refractivity contribution in [2.75, 3.05) is 7.11 Å². The number of nitro groups is 1. The minimum absolute atomic E-state index is 0.0276. The Bertz CT molecular complexity index is 451. The van der Waals surface area contributed by atoms with Crippen LogP contribution in [0.2, 0.25) is 0 Å². The SMILES string of the molecule is COC(=O)/C=C(\C)c1ccccc1[N+](=O)[O-]. The Morgan fingerprint density at radius 2 is 2.06 bits per heavy atom. The summed E-state index contributed by atoms with van der Waals surface area (Å²) in [6, 6.07) is 6.24. The van der Waals surface area contributed by atoms with Crippen molar-refractivity contribution in [1.29, 1.82) is 0 Å². The molecule has 0 amide bonds. The van der Waals surface area contributed by atoms with Crippen LogP contribution in [0.25, 0.3) is 5.57 Å². The number of benzene rings is 1. The maximum absolute atomic E-state index is 11.0. The first-order valence-electron chi connectivity index (χ1n) is 4.56. The fourth-order valence-electron chi connectivity index (χ4n) is 1.28. The Morgan fingerprint density at radius 1 is 1.44 bits per heavy atom. The number of para-hydroxylation sites is 1. The third kappa shape index (κ3) is 2.66. The summed E-state index contributed by atoms with van der Waals surface area (Å²) in [6.45, 7) is 1.62. The zero-order valence-electron chi connectivity index (χ0n) is 8.97. The van der Waals surface area contributed by atoms with E-state index in [-0.39, 0.29) is 5.69 Å². The monoisotopic (exact) mass is 221 g/mol. The minimum atomic E-state index is -0.532. The molecule has 1 aromatic carbocycles. The molecule has 0 radical (unpaired) electrons. The number of carbonyl (C=O) groups excluding carboxylic acids is 1. The molecule has 0 fully saturated rings. The first-order chi connectivity index (χ1) is 7.56. The summed E-state index contributed by atoms with van der Waals surface area (Å²) in [5, 5.41) is 10.7. The van der Waals surface area contributed by atoms with Crippen LogP contribution in [0.3, 0.4) is 0 Å². The molecule has 0 aliphatic carbocycles. The van der Waals surface area contributed by atoms with Crippen molar-refractivity contribution in [2.24, 2.45) is 0 Å². The third-order valence-electron chi connectivity index (χ3n) is 2.06. The molecule has 0 saturated heterocycles. The number of hydrogen-bond acceptors (Lipinski definition) is 4. The van der Waals surface area contributed by atoms with E-state index >= 15 is 0 Å². The summed E-state index contributed by atoms with van der Waals surface area (Å²) < 4.78 is 4.46. The molecule has 0 heterocycles. The topological polar surface area (TPSA) is 69.4 Å². The minimum Gasteiger partial charge on any atom is -0.466 e. The second-order valence-electron chi connectivity index (χ2n) is 3.12. The summed E-state index contributed by atoms with van der Waals surface area (Å²) >= 11 is 0. The van der Waals surface area contributed by atoms with Gasteiger partial charge in [-0.2, -0.15) is 0 Å². The van der Waals surface area contributed by atoms with E-state index in [4.69, 9.17) is 0 Å². The van der Waals surface area contributed by atoms with Crippen molar-refractivity contribution in [2.45, 2.75) is 6.92 Å². The van der Waals surface area contributed by atoms with Crippen LogP contribution in [-0.2, 0) is 9.53 Å². The molecule has 0 N–H and O–H groups in total. The number of hydrogen-bond donors (Lipinski definition) is 0. The van der Waals surface area contributed by atoms with Crippen LogP contribution in [0, 0.1) is 10.1 Å². The van der Waals surface area contributed by atoms with Crippen molar-refractivity contribution < 1.29 is 14.5 Å². The highest BCUT2D eigenvalue weighted by Gasteiger charge is 2.14. The van der Waals surface area contributed by atoms with Gasteiger partial charge < -0.3 is 4.74 Å². The smallest absolute Gasteiger partial charge is 0.330 e. The summed E-state index contributed by atoms with van der Waals surface area (Å²) in [5.41, 5.74) is 0.886. The fourth-order valence-corrected chi connectivity index (χ4v) is 1.28. The zero-order chi connectivity index (χ0) is 12.1. The molecular weight excluding hydrogens is 210 g/mol. The van der Waals surface area contributed by atoms with Gasteiger partial charge in [-0.05, 0) is 18.6 Å². The van der Waals surface area contributed by atoms with Gasteiger partial charge in [0.15, 0.2) is 0 Å². The molecule has 0 saturated carbocycles. The molecule has 0 unspecified atom stereocenters. The van der Waals surface area contributed by atoms with Crippen LogP contribution < -0.4 is 0 Å². The molecule has 0 aliphatic rings. The highest BCUT2D eigenvalue weighted by molar-refractivity contribution is 5.92. The van der Waals surface area contributed by atoms with Gasteiger partial charge >= 0.3 is 5.97 Å². The van der Waals surface area contributed by atoms with Gasteiger partial charge in [-0.1, -0.05) is 12.1 Å². The normalized spacial score (nSPS) is 11.0. The van der Waals surface area contributed by atoms with Gasteiger partial charge in [-0.3, -0.25) is 10.1 Å². The standard InChI is InChI=1S/C11H11NO4/c1-8(7-11(13)16-2)9-5-3-4-6-10(9)12(14)15/h3-7H,1-2H3/b8-7+. The Balaban J connectivity index is 3.18. The summed E-state index contributed by atoms with van der Waals surface area (Å²) in [6.07, 6.45) is 1.22. The molecule has 5 nitrogen and oxygen atoms in total. The van der Waals surface area contributed by atoms with Crippen LogP contribution in [0.15, 0.2) is 30.3 Å². The molecule has 5 heteroatoms. The molecule has 16 heavy (non-hydrogen) atoms. The lowest BCUT2D eigenvalue weighted by atomic mass is 10.1. The van der Waals surface area contributed by atoms with E-state index in [1.807, 2.05) is 0 Å². The molecule has 0 aromatic heterocycles. The van der Waals surface area contributed by atoms with Gasteiger partial charge in [0.25, 0.3) is 5.69 Å².